The molecule has 8 heteroatoms. The number of carbonyl (C=O) groups is 1. The number of hydrogen-bond acceptors (Lipinski definition) is 7. The summed E-state index contributed by atoms with van der Waals surface area (Å²) in [5, 5.41) is 31.8. The van der Waals surface area contributed by atoms with Crippen LogP contribution in [0.15, 0.2) is 54.6 Å². The largest absolute Gasteiger partial charge is 0.506 e. The maximum Gasteiger partial charge on any atom is 0.248 e. The molecule has 176 valence electrons. The van der Waals surface area contributed by atoms with Crippen molar-refractivity contribution in [2.45, 2.75) is 0 Å². The number of aromatic hydroxyl groups is 3. The van der Waals surface area contributed by atoms with E-state index in [0.717, 1.165) is 5.56 Å². The smallest absolute Gasteiger partial charge is 0.248 e. The molecular weight excluding hydrogens is 438 g/mol. The molecule has 3 rings (SSSR count). The second-order valence-electron chi connectivity index (χ2n) is 7.14. The molecule has 3 aromatic rings. The van der Waals surface area contributed by atoms with Gasteiger partial charge in [0.1, 0.15) is 5.75 Å². The molecule has 0 saturated carbocycles. The fourth-order valence-corrected chi connectivity index (χ4v) is 3.14. The fraction of sp³-hybridized carbons (Fsp3) is 0.115. The van der Waals surface area contributed by atoms with E-state index in [9.17, 15) is 20.1 Å². The number of phenolic OH excluding ortho intramolecular Hbond substituents is 3. The van der Waals surface area contributed by atoms with Crippen molar-refractivity contribution in [2.75, 3.05) is 26.6 Å². The molecule has 0 spiro atoms. The van der Waals surface area contributed by atoms with Crippen molar-refractivity contribution in [1.29, 1.82) is 0 Å². The van der Waals surface area contributed by atoms with E-state index in [4.69, 9.17) is 14.2 Å². The topological polar surface area (TPSA) is 117 Å². The van der Waals surface area contributed by atoms with Crippen LogP contribution in [0.5, 0.6) is 34.5 Å². The Bertz CT molecular complexity index is 1220. The third kappa shape index (κ3) is 5.80. The normalized spacial score (nSPS) is 11.0. The first-order valence-electron chi connectivity index (χ1n) is 10.2. The number of phenols is 3. The molecule has 0 saturated heterocycles. The Morgan fingerprint density at radius 2 is 1.29 bits per heavy atom. The van der Waals surface area contributed by atoms with Crippen molar-refractivity contribution in [3.63, 3.8) is 0 Å². The quantitative estimate of drug-likeness (QED) is 0.218. The van der Waals surface area contributed by atoms with Gasteiger partial charge in [0.25, 0.3) is 0 Å². The van der Waals surface area contributed by atoms with Crippen LogP contribution in [0.4, 0.5) is 5.69 Å². The molecular formula is C26H25NO7. The van der Waals surface area contributed by atoms with Gasteiger partial charge in [0.05, 0.1) is 27.0 Å². The molecule has 0 aliphatic rings. The second-order valence-corrected chi connectivity index (χ2v) is 7.14. The summed E-state index contributed by atoms with van der Waals surface area (Å²) < 4.78 is 16.0. The van der Waals surface area contributed by atoms with E-state index >= 15 is 0 Å². The first kappa shape index (κ1) is 24.1. The third-order valence-corrected chi connectivity index (χ3v) is 4.86. The number of carbonyl (C=O) groups excluding carboxylic acids is 1. The SMILES string of the molecule is COc1cc(C=Cc2ccc(NC(=O)/C=C/c3ccc(O)c(O)c3)c(O)c2)cc(OC)c1OC. The molecule has 0 aromatic heterocycles. The highest BCUT2D eigenvalue weighted by molar-refractivity contribution is 6.02. The number of benzene rings is 3. The Morgan fingerprint density at radius 1 is 0.706 bits per heavy atom. The Kier molecular flexibility index (Phi) is 7.66. The number of ether oxygens (including phenoxy) is 3. The number of hydrogen-bond donors (Lipinski definition) is 4. The van der Waals surface area contributed by atoms with Crippen LogP contribution in [-0.4, -0.2) is 42.6 Å². The zero-order valence-electron chi connectivity index (χ0n) is 18.9. The summed E-state index contributed by atoms with van der Waals surface area (Å²) >= 11 is 0. The minimum absolute atomic E-state index is 0.101. The summed E-state index contributed by atoms with van der Waals surface area (Å²) in [7, 11) is 4.62. The number of rotatable bonds is 8. The average Bonchev–Trinajstić information content (AvgIpc) is 2.84. The van der Waals surface area contributed by atoms with E-state index in [-0.39, 0.29) is 22.9 Å². The predicted molar refractivity (Wildman–Crippen MR) is 131 cm³/mol. The lowest BCUT2D eigenvalue weighted by molar-refractivity contribution is -0.111. The molecule has 0 atom stereocenters. The molecule has 4 N–H and O–H groups in total. The average molecular weight is 463 g/mol. The molecule has 0 radical (unpaired) electrons. The first-order valence-corrected chi connectivity index (χ1v) is 10.2. The molecule has 0 unspecified atom stereocenters. The minimum atomic E-state index is -0.469. The molecule has 0 fully saturated rings. The first-order chi connectivity index (χ1) is 16.3. The van der Waals surface area contributed by atoms with E-state index in [2.05, 4.69) is 5.32 Å². The lowest BCUT2D eigenvalue weighted by atomic mass is 10.1. The predicted octanol–water partition coefficient (Wildman–Crippen LogP) is 4.65. The molecule has 34 heavy (non-hydrogen) atoms. The zero-order chi connectivity index (χ0) is 24.7. The highest BCUT2D eigenvalue weighted by Gasteiger charge is 2.12. The van der Waals surface area contributed by atoms with Gasteiger partial charge in [-0.05, 0) is 59.2 Å². The maximum absolute atomic E-state index is 12.2. The Hall–Kier alpha value is -4.59. The third-order valence-electron chi connectivity index (χ3n) is 4.86. The van der Waals surface area contributed by atoms with Gasteiger partial charge in [-0.2, -0.15) is 0 Å². The summed E-state index contributed by atoms with van der Waals surface area (Å²) in [5.41, 5.74) is 2.28. The van der Waals surface area contributed by atoms with E-state index in [0.29, 0.717) is 28.4 Å². The molecule has 0 aliphatic heterocycles. The van der Waals surface area contributed by atoms with Crippen LogP contribution >= 0.6 is 0 Å². The number of anilines is 1. The van der Waals surface area contributed by atoms with Crippen LogP contribution in [0.1, 0.15) is 16.7 Å². The van der Waals surface area contributed by atoms with Crippen LogP contribution in [0, 0.1) is 0 Å². The van der Waals surface area contributed by atoms with Gasteiger partial charge in [-0.3, -0.25) is 4.79 Å². The van der Waals surface area contributed by atoms with E-state index in [1.807, 2.05) is 6.08 Å². The van der Waals surface area contributed by atoms with Crippen molar-refractivity contribution in [3.05, 3.63) is 71.3 Å². The lowest BCUT2D eigenvalue weighted by Crippen LogP contribution is -2.07. The number of methoxy groups -OCH3 is 3. The van der Waals surface area contributed by atoms with Crippen molar-refractivity contribution >= 4 is 29.8 Å². The van der Waals surface area contributed by atoms with Gasteiger partial charge in [-0.15, -0.1) is 0 Å². The zero-order valence-corrected chi connectivity index (χ0v) is 18.9. The van der Waals surface area contributed by atoms with Crippen LogP contribution in [0.2, 0.25) is 0 Å². The van der Waals surface area contributed by atoms with Gasteiger partial charge in [-0.25, -0.2) is 0 Å². The highest BCUT2D eigenvalue weighted by Crippen LogP contribution is 2.38. The molecule has 0 heterocycles. The van der Waals surface area contributed by atoms with Gasteiger partial charge in [0, 0.05) is 6.08 Å². The van der Waals surface area contributed by atoms with Gasteiger partial charge in [0.2, 0.25) is 11.7 Å². The van der Waals surface area contributed by atoms with E-state index in [1.54, 1.807) is 50.6 Å². The summed E-state index contributed by atoms with van der Waals surface area (Å²) in [6.07, 6.45) is 6.35. The second kappa shape index (κ2) is 10.8. The number of nitrogens with one attached hydrogen (secondary N) is 1. The Labute approximate surface area is 197 Å². The summed E-state index contributed by atoms with van der Waals surface area (Å²) in [5.74, 6) is 0.452. The van der Waals surface area contributed by atoms with Gasteiger partial charge in [0.15, 0.2) is 23.0 Å². The monoisotopic (exact) mass is 463 g/mol. The van der Waals surface area contributed by atoms with Gasteiger partial charge >= 0.3 is 0 Å². The number of amides is 1. The van der Waals surface area contributed by atoms with Crippen LogP contribution in [0.3, 0.4) is 0 Å². The molecule has 8 nitrogen and oxygen atoms in total. The van der Waals surface area contributed by atoms with Crippen molar-refractivity contribution < 1.29 is 34.3 Å². The Morgan fingerprint density at radius 3 is 1.88 bits per heavy atom. The van der Waals surface area contributed by atoms with Crippen LogP contribution in [0.25, 0.3) is 18.2 Å². The summed E-state index contributed by atoms with van der Waals surface area (Å²) in [6, 6.07) is 12.6. The van der Waals surface area contributed by atoms with E-state index < -0.39 is 5.91 Å². The fourth-order valence-electron chi connectivity index (χ4n) is 3.14. The highest BCUT2D eigenvalue weighted by atomic mass is 16.5. The van der Waals surface area contributed by atoms with E-state index in [1.165, 1.54) is 37.5 Å². The minimum Gasteiger partial charge on any atom is -0.506 e. The summed E-state index contributed by atoms with van der Waals surface area (Å²) in [6.45, 7) is 0. The van der Waals surface area contributed by atoms with Gasteiger partial charge in [-0.1, -0.05) is 24.3 Å². The van der Waals surface area contributed by atoms with Crippen molar-refractivity contribution in [3.8, 4) is 34.5 Å². The maximum atomic E-state index is 12.2. The molecule has 0 aliphatic carbocycles. The van der Waals surface area contributed by atoms with Crippen LogP contribution < -0.4 is 19.5 Å². The van der Waals surface area contributed by atoms with Gasteiger partial charge < -0.3 is 34.8 Å². The lowest BCUT2D eigenvalue weighted by Gasteiger charge is -2.12. The van der Waals surface area contributed by atoms with Crippen LogP contribution in [-0.2, 0) is 4.79 Å². The standard InChI is InChI=1S/C26H25NO7/c1-32-23-14-18(15-24(33-2)26(23)34-3)5-4-16-6-9-19(21(29)12-16)27-25(31)11-8-17-7-10-20(28)22(30)13-17/h4-15,28-30H,1-3H3,(H,27,31)/b5-4?,11-8+. The Balaban J connectivity index is 1.71. The molecule has 3 aromatic carbocycles. The van der Waals surface area contributed by atoms with Crippen molar-refractivity contribution in [2.24, 2.45) is 0 Å². The summed E-state index contributed by atoms with van der Waals surface area (Å²) in [4.78, 5) is 12.2. The molecule has 0 bridgehead atoms. The van der Waals surface area contributed by atoms with Crippen molar-refractivity contribution in [1.82, 2.24) is 0 Å². The molecule has 1 amide bonds.